The topological polar surface area (TPSA) is 69.6 Å². The van der Waals surface area contributed by atoms with E-state index in [0.29, 0.717) is 19.0 Å². The van der Waals surface area contributed by atoms with E-state index in [1.165, 1.54) is 19.3 Å². The molecule has 1 saturated heterocycles. The van der Waals surface area contributed by atoms with Crippen molar-refractivity contribution < 1.29 is 14.7 Å². The van der Waals surface area contributed by atoms with Crippen molar-refractivity contribution in [2.24, 2.45) is 11.8 Å². The number of hydrogen-bond donors (Lipinski definition) is 2. The zero-order chi connectivity index (χ0) is 13.1. The lowest BCUT2D eigenvalue weighted by atomic mass is 9.80. The Morgan fingerprint density at radius 2 is 2.11 bits per heavy atom. The van der Waals surface area contributed by atoms with Crippen LogP contribution in [0.2, 0.25) is 0 Å². The van der Waals surface area contributed by atoms with E-state index in [2.05, 4.69) is 12.2 Å². The molecule has 5 nitrogen and oxygen atoms in total. The largest absolute Gasteiger partial charge is 0.481 e. The highest BCUT2D eigenvalue weighted by atomic mass is 16.4. The number of carboxylic acids is 1. The minimum absolute atomic E-state index is 0.0257. The van der Waals surface area contributed by atoms with E-state index >= 15 is 0 Å². The van der Waals surface area contributed by atoms with Gasteiger partial charge < -0.3 is 15.3 Å². The fourth-order valence-electron chi connectivity index (χ4n) is 2.77. The van der Waals surface area contributed by atoms with Gasteiger partial charge in [-0.3, -0.25) is 4.79 Å². The van der Waals surface area contributed by atoms with Crippen LogP contribution >= 0.6 is 0 Å². The van der Waals surface area contributed by atoms with E-state index in [9.17, 15) is 9.59 Å². The third-order valence-corrected chi connectivity index (χ3v) is 4.24. The van der Waals surface area contributed by atoms with Gasteiger partial charge in [0.1, 0.15) is 0 Å². The molecule has 2 atom stereocenters. The second-order valence-corrected chi connectivity index (χ2v) is 5.63. The summed E-state index contributed by atoms with van der Waals surface area (Å²) in [5.74, 6) is -0.0243. The summed E-state index contributed by atoms with van der Waals surface area (Å²) in [5, 5.41) is 11.8. The van der Waals surface area contributed by atoms with Gasteiger partial charge in [0.2, 0.25) is 0 Å². The minimum atomic E-state index is -0.773. The van der Waals surface area contributed by atoms with Crippen LogP contribution in [0.25, 0.3) is 0 Å². The van der Waals surface area contributed by atoms with Gasteiger partial charge in [0, 0.05) is 25.6 Å². The SMILES string of the molecule is CC(NC(=O)N1CCC(CC(=O)O)C1)C1CCC1. The number of nitrogens with one attached hydrogen (secondary N) is 1. The Hall–Kier alpha value is -1.26. The number of carboxylic acid groups (broad SMARTS) is 1. The second kappa shape index (κ2) is 5.59. The number of hydrogen-bond acceptors (Lipinski definition) is 2. The van der Waals surface area contributed by atoms with Crippen molar-refractivity contribution in [2.75, 3.05) is 13.1 Å². The van der Waals surface area contributed by atoms with Crippen LogP contribution in [0, 0.1) is 11.8 Å². The Morgan fingerprint density at radius 3 is 2.67 bits per heavy atom. The molecule has 0 spiro atoms. The third-order valence-electron chi connectivity index (χ3n) is 4.24. The maximum atomic E-state index is 12.0. The number of urea groups is 1. The molecule has 1 saturated carbocycles. The Bertz CT molecular complexity index is 328. The van der Waals surface area contributed by atoms with Crippen molar-refractivity contribution >= 4 is 12.0 Å². The molecule has 2 unspecified atom stereocenters. The molecule has 0 bridgehead atoms. The average Bonchev–Trinajstić information content (AvgIpc) is 2.61. The van der Waals surface area contributed by atoms with Crippen molar-refractivity contribution in [2.45, 2.75) is 45.1 Å². The molecule has 0 aromatic carbocycles. The number of nitrogens with zero attached hydrogens (tertiary/aromatic N) is 1. The van der Waals surface area contributed by atoms with Gasteiger partial charge in [0.15, 0.2) is 0 Å². The molecule has 1 aliphatic carbocycles. The molecule has 18 heavy (non-hydrogen) atoms. The standard InChI is InChI=1S/C13H22N2O3/c1-9(11-3-2-4-11)14-13(18)15-6-5-10(8-15)7-12(16)17/h9-11H,2-8H2,1H3,(H,14,18)(H,16,17). The van der Waals surface area contributed by atoms with E-state index in [1.807, 2.05) is 0 Å². The van der Waals surface area contributed by atoms with Crippen molar-refractivity contribution in [3.8, 4) is 0 Å². The first-order chi connectivity index (χ1) is 8.56. The maximum absolute atomic E-state index is 12.0. The monoisotopic (exact) mass is 254 g/mol. The molecular formula is C13H22N2O3. The van der Waals surface area contributed by atoms with Crippen molar-refractivity contribution in [3.63, 3.8) is 0 Å². The normalized spacial score (nSPS) is 25.6. The molecular weight excluding hydrogens is 232 g/mol. The summed E-state index contributed by atoms with van der Waals surface area (Å²) < 4.78 is 0. The Morgan fingerprint density at radius 1 is 1.39 bits per heavy atom. The van der Waals surface area contributed by atoms with Gasteiger partial charge in [-0.05, 0) is 38.0 Å². The fourth-order valence-corrected chi connectivity index (χ4v) is 2.77. The molecule has 2 N–H and O–H groups in total. The molecule has 102 valence electrons. The highest BCUT2D eigenvalue weighted by molar-refractivity contribution is 5.75. The number of amides is 2. The van der Waals surface area contributed by atoms with Gasteiger partial charge in [0.05, 0.1) is 0 Å². The van der Waals surface area contributed by atoms with E-state index in [1.54, 1.807) is 4.90 Å². The van der Waals surface area contributed by atoms with E-state index in [-0.39, 0.29) is 24.4 Å². The smallest absolute Gasteiger partial charge is 0.317 e. The first-order valence-corrected chi connectivity index (χ1v) is 6.83. The van der Waals surface area contributed by atoms with Crippen LogP contribution < -0.4 is 5.32 Å². The number of aliphatic carboxylic acids is 1. The number of carbonyl (C=O) groups excluding carboxylic acids is 1. The van der Waals surface area contributed by atoms with Gasteiger partial charge in [-0.15, -0.1) is 0 Å². The number of carbonyl (C=O) groups is 2. The van der Waals surface area contributed by atoms with Gasteiger partial charge >= 0.3 is 12.0 Å². The molecule has 2 aliphatic rings. The van der Waals surface area contributed by atoms with Crippen LogP contribution in [0.3, 0.4) is 0 Å². The fraction of sp³-hybridized carbons (Fsp3) is 0.846. The summed E-state index contributed by atoms with van der Waals surface area (Å²) in [6, 6.07) is 0.215. The van der Waals surface area contributed by atoms with Crippen LogP contribution in [0.4, 0.5) is 4.79 Å². The molecule has 1 aliphatic heterocycles. The van der Waals surface area contributed by atoms with Gasteiger partial charge in [-0.1, -0.05) is 6.42 Å². The quantitative estimate of drug-likeness (QED) is 0.802. The molecule has 2 rings (SSSR count). The Labute approximate surface area is 108 Å². The van der Waals surface area contributed by atoms with Crippen LogP contribution in [-0.2, 0) is 4.79 Å². The summed E-state index contributed by atoms with van der Waals surface area (Å²) in [6.45, 7) is 3.32. The van der Waals surface area contributed by atoms with Crippen LogP contribution in [0.1, 0.15) is 39.0 Å². The predicted octanol–water partition coefficient (Wildman–Crippen LogP) is 1.68. The van der Waals surface area contributed by atoms with Gasteiger partial charge in [-0.25, -0.2) is 4.79 Å². The average molecular weight is 254 g/mol. The van der Waals surface area contributed by atoms with Crippen molar-refractivity contribution in [1.82, 2.24) is 10.2 Å². The first kappa shape index (κ1) is 13.2. The lowest BCUT2D eigenvalue weighted by molar-refractivity contribution is -0.138. The zero-order valence-corrected chi connectivity index (χ0v) is 10.9. The molecule has 0 aromatic rings. The minimum Gasteiger partial charge on any atom is -0.481 e. The van der Waals surface area contributed by atoms with E-state index in [0.717, 1.165) is 6.42 Å². The number of rotatable bonds is 4. The molecule has 1 heterocycles. The molecule has 0 aromatic heterocycles. The summed E-state index contributed by atoms with van der Waals surface area (Å²) in [4.78, 5) is 24.4. The molecule has 2 fully saturated rings. The molecule has 5 heteroatoms. The number of likely N-dealkylation sites (tertiary alicyclic amines) is 1. The van der Waals surface area contributed by atoms with Gasteiger partial charge in [0.25, 0.3) is 0 Å². The molecule has 0 radical (unpaired) electrons. The summed E-state index contributed by atoms with van der Waals surface area (Å²) in [7, 11) is 0. The van der Waals surface area contributed by atoms with Crippen LogP contribution in [-0.4, -0.2) is 41.1 Å². The van der Waals surface area contributed by atoms with Crippen LogP contribution in [0.15, 0.2) is 0 Å². The first-order valence-electron chi connectivity index (χ1n) is 6.83. The third kappa shape index (κ3) is 3.15. The highest BCUT2D eigenvalue weighted by Crippen LogP contribution is 2.29. The van der Waals surface area contributed by atoms with Gasteiger partial charge in [-0.2, -0.15) is 0 Å². The summed E-state index contributed by atoms with van der Waals surface area (Å²) >= 11 is 0. The summed E-state index contributed by atoms with van der Waals surface area (Å²) in [5.41, 5.74) is 0. The van der Waals surface area contributed by atoms with Crippen molar-refractivity contribution in [1.29, 1.82) is 0 Å². The Balaban J connectivity index is 1.74. The Kier molecular flexibility index (Phi) is 4.09. The van der Waals surface area contributed by atoms with E-state index < -0.39 is 5.97 Å². The zero-order valence-electron chi connectivity index (χ0n) is 10.9. The highest BCUT2D eigenvalue weighted by Gasteiger charge is 2.30. The maximum Gasteiger partial charge on any atom is 0.317 e. The lowest BCUT2D eigenvalue weighted by Gasteiger charge is -2.33. The lowest BCUT2D eigenvalue weighted by Crippen LogP contribution is -2.46. The molecule has 2 amide bonds. The van der Waals surface area contributed by atoms with Crippen LogP contribution in [0.5, 0.6) is 0 Å². The second-order valence-electron chi connectivity index (χ2n) is 5.63. The van der Waals surface area contributed by atoms with E-state index in [4.69, 9.17) is 5.11 Å². The summed E-state index contributed by atoms with van der Waals surface area (Å²) in [6.07, 6.45) is 4.67. The predicted molar refractivity (Wildman–Crippen MR) is 67.3 cm³/mol. The van der Waals surface area contributed by atoms with Crippen molar-refractivity contribution in [3.05, 3.63) is 0 Å².